The van der Waals surface area contributed by atoms with Gasteiger partial charge in [0.1, 0.15) is 6.54 Å². The topological polar surface area (TPSA) is 3.24 Å². The highest BCUT2D eigenvalue weighted by atomic mass is 79.9. The third kappa shape index (κ3) is 3.32. The first-order chi connectivity index (χ1) is 8.42. The lowest BCUT2D eigenvalue weighted by molar-refractivity contribution is -0.120. The minimum Gasteiger partial charge on any atom is -0.358 e. The second-order valence-corrected chi connectivity index (χ2v) is 5.32. The largest absolute Gasteiger partial charge is 0.405 e. The van der Waals surface area contributed by atoms with Crippen molar-refractivity contribution in [2.75, 3.05) is 11.4 Å². The molecule has 0 bridgehead atoms. The average Bonchev–Trinajstić information content (AvgIpc) is 3.08. The molecule has 1 saturated carbocycles. The van der Waals surface area contributed by atoms with Crippen molar-refractivity contribution in [3.8, 4) is 0 Å². The minimum atomic E-state index is -4.22. The Balaban J connectivity index is 2.36. The zero-order chi connectivity index (χ0) is 13.3. The molecule has 0 spiro atoms. The summed E-state index contributed by atoms with van der Waals surface area (Å²) in [5.74, 6) is 0. The average molecular weight is 343 g/mol. The van der Waals surface area contributed by atoms with Gasteiger partial charge in [0.15, 0.2) is 0 Å². The summed E-state index contributed by atoms with van der Waals surface area (Å²) in [6, 6.07) is 5.14. The van der Waals surface area contributed by atoms with Crippen LogP contribution < -0.4 is 4.90 Å². The van der Waals surface area contributed by atoms with Crippen LogP contribution in [0.2, 0.25) is 5.02 Å². The third-order valence-corrected chi connectivity index (χ3v) is 3.75. The fourth-order valence-electron chi connectivity index (χ4n) is 1.96. The van der Waals surface area contributed by atoms with E-state index in [1.807, 2.05) is 0 Å². The lowest BCUT2D eigenvalue weighted by atomic mass is 10.1. The first-order valence-corrected chi connectivity index (χ1v) is 7.09. The number of halogens is 5. The molecule has 0 N–H and O–H groups in total. The predicted molar refractivity (Wildman–Crippen MR) is 70.5 cm³/mol. The van der Waals surface area contributed by atoms with Crippen LogP contribution in [-0.2, 0) is 5.33 Å². The Morgan fingerprint density at radius 1 is 1.33 bits per heavy atom. The molecule has 2 rings (SSSR count). The van der Waals surface area contributed by atoms with Crippen LogP contribution in [0.25, 0.3) is 0 Å². The van der Waals surface area contributed by atoms with Crippen LogP contribution in [0.15, 0.2) is 18.2 Å². The van der Waals surface area contributed by atoms with E-state index in [1.54, 1.807) is 18.2 Å². The van der Waals surface area contributed by atoms with Gasteiger partial charge in [-0.25, -0.2) is 0 Å². The van der Waals surface area contributed by atoms with Gasteiger partial charge < -0.3 is 4.90 Å². The maximum absolute atomic E-state index is 12.7. The summed E-state index contributed by atoms with van der Waals surface area (Å²) in [6.07, 6.45) is -2.63. The van der Waals surface area contributed by atoms with Gasteiger partial charge >= 0.3 is 6.18 Å². The highest BCUT2D eigenvalue weighted by Crippen LogP contribution is 2.40. The number of benzene rings is 1. The Bertz CT molecular complexity index is 432. The van der Waals surface area contributed by atoms with Gasteiger partial charge in [-0.15, -0.1) is 0 Å². The van der Waals surface area contributed by atoms with E-state index in [4.69, 9.17) is 11.6 Å². The number of hydrogen-bond acceptors (Lipinski definition) is 1. The Morgan fingerprint density at radius 3 is 2.50 bits per heavy atom. The van der Waals surface area contributed by atoms with E-state index in [0.717, 1.165) is 18.4 Å². The molecule has 1 fully saturated rings. The van der Waals surface area contributed by atoms with Crippen molar-refractivity contribution in [3.05, 3.63) is 28.8 Å². The number of hydrogen-bond donors (Lipinski definition) is 0. The maximum Gasteiger partial charge on any atom is 0.405 e. The van der Waals surface area contributed by atoms with Crippen LogP contribution in [0.4, 0.5) is 18.9 Å². The molecule has 0 aromatic heterocycles. The molecular formula is C12H12BrClF3N. The summed E-state index contributed by atoms with van der Waals surface area (Å²) in [5.41, 5.74) is 1.30. The first-order valence-electron chi connectivity index (χ1n) is 5.59. The second kappa shape index (κ2) is 5.29. The van der Waals surface area contributed by atoms with E-state index in [1.165, 1.54) is 4.90 Å². The molecule has 1 aromatic carbocycles. The standard InChI is InChI=1S/C12H12BrClF3N/c13-6-8-2-1-3-10(14)11(8)18(9-4-5-9)7-12(15,16)17/h1-3,9H,4-7H2. The summed E-state index contributed by atoms with van der Waals surface area (Å²) in [5, 5.41) is 0.868. The van der Waals surface area contributed by atoms with Crippen LogP contribution in [0.3, 0.4) is 0 Å². The summed E-state index contributed by atoms with van der Waals surface area (Å²) in [7, 11) is 0. The monoisotopic (exact) mass is 341 g/mol. The van der Waals surface area contributed by atoms with E-state index in [-0.39, 0.29) is 6.04 Å². The van der Waals surface area contributed by atoms with Gasteiger partial charge in [0.2, 0.25) is 0 Å². The smallest absolute Gasteiger partial charge is 0.358 e. The van der Waals surface area contributed by atoms with Crippen LogP contribution in [0.1, 0.15) is 18.4 Å². The van der Waals surface area contributed by atoms with Gasteiger partial charge in [-0.3, -0.25) is 0 Å². The Kier molecular flexibility index (Phi) is 4.11. The molecule has 1 nitrogen and oxygen atoms in total. The maximum atomic E-state index is 12.7. The number of anilines is 1. The lowest BCUT2D eigenvalue weighted by Gasteiger charge is -2.28. The van der Waals surface area contributed by atoms with Gasteiger partial charge in [-0.2, -0.15) is 13.2 Å². The third-order valence-electron chi connectivity index (χ3n) is 2.84. The number of alkyl halides is 4. The van der Waals surface area contributed by atoms with E-state index in [0.29, 0.717) is 16.0 Å². The molecule has 0 heterocycles. The van der Waals surface area contributed by atoms with Crippen LogP contribution in [0, 0.1) is 0 Å². The molecule has 0 atom stereocenters. The number of nitrogens with zero attached hydrogens (tertiary/aromatic N) is 1. The Hall–Kier alpha value is -0.420. The van der Waals surface area contributed by atoms with Crippen molar-refractivity contribution in [2.24, 2.45) is 0 Å². The fourth-order valence-corrected chi connectivity index (χ4v) is 2.71. The predicted octanol–water partition coefficient (Wildman–Crippen LogP) is 4.77. The van der Waals surface area contributed by atoms with E-state index in [9.17, 15) is 13.2 Å². The molecule has 0 unspecified atom stereocenters. The Labute approximate surface area is 117 Å². The summed E-state index contributed by atoms with van der Waals surface area (Å²) < 4.78 is 38.0. The van der Waals surface area contributed by atoms with Gasteiger partial charge in [0.25, 0.3) is 0 Å². The molecular weight excluding hydrogens is 330 g/mol. The zero-order valence-electron chi connectivity index (χ0n) is 9.47. The Morgan fingerprint density at radius 2 is 2.00 bits per heavy atom. The molecule has 0 radical (unpaired) electrons. The van der Waals surface area contributed by atoms with E-state index >= 15 is 0 Å². The second-order valence-electron chi connectivity index (χ2n) is 4.36. The highest BCUT2D eigenvalue weighted by Gasteiger charge is 2.39. The summed E-state index contributed by atoms with van der Waals surface area (Å²) >= 11 is 9.37. The van der Waals surface area contributed by atoms with E-state index < -0.39 is 12.7 Å². The molecule has 6 heteroatoms. The number of rotatable bonds is 4. The normalized spacial score (nSPS) is 15.8. The van der Waals surface area contributed by atoms with Crippen molar-refractivity contribution in [3.63, 3.8) is 0 Å². The molecule has 0 saturated heterocycles. The fraction of sp³-hybridized carbons (Fsp3) is 0.500. The SMILES string of the molecule is FC(F)(F)CN(c1c(Cl)cccc1CBr)C1CC1. The van der Waals surface area contributed by atoms with Crippen LogP contribution in [0.5, 0.6) is 0 Å². The molecule has 100 valence electrons. The van der Waals surface area contributed by atoms with Crippen molar-refractivity contribution < 1.29 is 13.2 Å². The van der Waals surface area contributed by atoms with Crippen molar-refractivity contribution in [2.45, 2.75) is 30.4 Å². The molecule has 1 aliphatic rings. The molecule has 1 aromatic rings. The summed E-state index contributed by atoms with van der Waals surface area (Å²) in [4.78, 5) is 1.39. The van der Waals surface area contributed by atoms with Crippen molar-refractivity contribution >= 4 is 33.2 Å². The minimum absolute atomic E-state index is 0.0377. The highest BCUT2D eigenvalue weighted by molar-refractivity contribution is 9.08. The van der Waals surface area contributed by atoms with Gasteiger partial charge in [-0.05, 0) is 24.5 Å². The van der Waals surface area contributed by atoms with Crippen molar-refractivity contribution in [1.29, 1.82) is 0 Å². The van der Waals surface area contributed by atoms with Crippen molar-refractivity contribution in [1.82, 2.24) is 0 Å². The number of para-hydroxylation sites is 1. The molecule has 18 heavy (non-hydrogen) atoms. The lowest BCUT2D eigenvalue weighted by Crippen LogP contribution is -2.36. The van der Waals surface area contributed by atoms with Crippen LogP contribution in [-0.4, -0.2) is 18.8 Å². The zero-order valence-corrected chi connectivity index (χ0v) is 11.8. The van der Waals surface area contributed by atoms with Crippen LogP contribution >= 0.6 is 27.5 Å². The quantitative estimate of drug-likeness (QED) is 0.713. The van der Waals surface area contributed by atoms with E-state index in [2.05, 4.69) is 15.9 Å². The van der Waals surface area contributed by atoms with Gasteiger partial charge in [0, 0.05) is 11.4 Å². The molecule has 1 aliphatic carbocycles. The van der Waals surface area contributed by atoms with Gasteiger partial charge in [0.05, 0.1) is 10.7 Å². The molecule has 0 amide bonds. The van der Waals surface area contributed by atoms with Gasteiger partial charge in [-0.1, -0.05) is 39.7 Å². The molecule has 0 aliphatic heterocycles. The first kappa shape index (κ1) is 14.0. The summed E-state index contributed by atoms with van der Waals surface area (Å²) in [6.45, 7) is -0.943.